The van der Waals surface area contributed by atoms with E-state index >= 15 is 0 Å². The highest BCUT2D eigenvalue weighted by Gasteiger charge is 2.35. The van der Waals surface area contributed by atoms with E-state index < -0.39 is 5.82 Å². The van der Waals surface area contributed by atoms with Gasteiger partial charge in [0.05, 0.1) is 23.6 Å². The van der Waals surface area contributed by atoms with Gasteiger partial charge in [0.25, 0.3) is 11.1 Å². The first-order valence-corrected chi connectivity index (χ1v) is 12.1. The van der Waals surface area contributed by atoms with Gasteiger partial charge in [0, 0.05) is 10.0 Å². The Balaban J connectivity index is 1.54. The Hall–Kier alpha value is -2.81. The average molecular weight is 563 g/mol. The van der Waals surface area contributed by atoms with Crippen molar-refractivity contribution in [3.63, 3.8) is 0 Å². The van der Waals surface area contributed by atoms with Gasteiger partial charge in [-0.1, -0.05) is 51.8 Å². The minimum Gasteiger partial charge on any atom is -0.493 e. The summed E-state index contributed by atoms with van der Waals surface area (Å²) in [5, 5.41) is -0.0790. The van der Waals surface area contributed by atoms with Crippen molar-refractivity contribution in [2.45, 2.75) is 13.2 Å². The van der Waals surface area contributed by atoms with Crippen LogP contribution in [-0.4, -0.2) is 23.2 Å². The van der Waals surface area contributed by atoms with Crippen LogP contribution in [0.25, 0.3) is 6.08 Å². The molecule has 5 nitrogen and oxygen atoms in total. The van der Waals surface area contributed by atoms with Crippen LogP contribution in [0.4, 0.5) is 9.18 Å². The molecule has 3 aromatic carbocycles. The molecule has 2 amide bonds. The third-order valence-corrected chi connectivity index (χ3v) is 6.78. The van der Waals surface area contributed by atoms with E-state index in [1.54, 1.807) is 30.3 Å². The van der Waals surface area contributed by atoms with Crippen LogP contribution in [-0.2, 0) is 17.9 Å². The Bertz CT molecular complexity index is 1280. The maximum atomic E-state index is 14.1. The zero-order valence-corrected chi connectivity index (χ0v) is 21.0. The minimum absolute atomic E-state index is 0.103. The second-order valence-electron chi connectivity index (χ2n) is 7.30. The maximum Gasteiger partial charge on any atom is 0.293 e. The highest BCUT2D eigenvalue weighted by Crippen LogP contribution is 2.36. The quantitative estimate of drug-likeness (QED) is 0.288. The lowest BCUT2D eigenvalue weighted by Gasteiger charge is -2.13. The second kappa shape index (κ2) is 10.6. The molecule has 0 saturated carbocycles. The van der Waals surface area contributed by atoms with Gasteiger partial charge in [-0.25, -0.2) is 4.39 Å². The van der Waals surface area contributed by atoms with Crippen molar-refractivity contribution < 1.29 is 23.5 Å². The lowest BCUT2D eigenvalue weighted by atomic mass is 10.1. The molecule has 0 aromatic heterocycles. The molecule has 0 radical (unpaired) electrons. The van der Waals surface area contributed by atoms with E-state index in [9.17, 15) is 14.0 Å². The third-order valence-electron chi connectivity index (χ3n) is 5.02. The van der Waals surface area contributed by atoms with E-state index in [2.05, 4.69) is 15.9 Å². The summed E-state index contributed by atoms with van der Waals surface area (Å²) in [6, 6.07) is 16.9. The molecular formula is C25H18BrClFNO4S. The molecule has 1 fully saturated rings. The molecule has 1 heterocycles. The largest absolute Gasteiger partial charge is 0.493 e. The molecule has 0 N–H and O–H groups in total. The van der Waals surface area contributed by atoms with Crippen molar-refractivity contribution in [1.82, 2.24) is 4.90 Å². The number of methoxy groups -OCH3 is 1. The number of hydrogen-bond donors (Lipinski definition) is 0. The van der Waals surface area contributed by atoms with Crippen LogP contribution in [0.1, 0.15) is 16.7 Å². The Labute approximate surface area is 213 Å². The van der Waals surface area contributed by atoms with E-state index in [0.717, 1.165) is 21.8 Å². The van der Waals surface area contributed by atoms with Crippen molar-refractivity contribution in [3.05, 3.63) is 97.6 Å². The predicted octanol–water partition coefficient (Wildman–Crippen LogP) is 7.07. The number of carbonyl (C=O) groups is 2. The molecule has 1 saturated heterocycles. The van der Waals surface area contributed by atoms with Gasteiger partial charge >= 0.3 is 0 Å². The van der Waals surface area contributed by atoms with Crippen LogP contribution < -0.4 is 9.47 Å². The predicted molar refractivity (Wildman–Crippen MR) is 134 cm³/mol. The van der Waals surface area contributed by atoms with E-state index in [4.69, 9.17) is 21.1 Å². The molecular weight excluding hydrogens is 545 g/mol. The molecule has 34 heavy (non-hydrogen) atoms. The van der Waals surface area contributed by atoms with Crippen molar-refractivity contribution in [2.75, 3.05) is 7.11 Å². The summed E-state index contributed by atoms with van der Waals surface area (Å²) >= 11 is 10.4. The number of hydrogen-bond acceptors (Lipinski definition) is 5. The summed E-state index contributed by atoms with van der Waals surface area (Å²) in [6.45, 7) is 0.0797. The zero-order valence-electron chi connectivity index (χ0n) is 17.9. The fourth-order valence-corrected chi connectivity index (χ4v) is 4.82. The summed E-state index contributed by atoms with van der Waals surface area (Å²) in [5.74, 6) is -0.0514. The standard InChI is InChI=1S/C25H18BrClFNO4S/c1-32-21-9-8-15(11-22(21)33-14-18-19(27)6-3-7-20(18)28)12-23-24(30)29(25(31)34-23)13-16-4-2-5-17(26)10-16/h2-12H,13-14H2,1H3/b23-12+. The van der Waals surface area contributed by atoms with Gasteiger partial charge in [0.1, 0.15) is 12.4 Å². The fourth-order valence-electron chi connectivity index (χ4n) is 3.32. The van der Waals surface area contributed by atoms with Gasteiger partial charge < -0.3 is 9.47 Å². The summed E-state index contributed by atoms with van der Waals surface area (Å²) in [7, 11) is 1.49. The highest BCUT2D eigenvalue weighted by atomic mass is 79.9. The van der Waals surface area contributed by atoms with Crippen LogP contribution >= 0.6 is 39.3 Å². The van der Waals surface area contributed by atoms with Crippen LogP contribution in [0.2, 0.25) is 5.02 Å². The van der Waals surface area contributed by atoms with Crippen molar-refractivity contribution in [3.8, 4) is 11.5 Å². The molecule has 1 aliphatic heterocycles. The van der Waals surface area contributed by atoms with Gasteiger partial charge in [-0.2, -0.15) is 0 Å². The van der Waals surface area contributed by atoms with Gasteiger partial charge in [-0.05, 0) is 65.4 Å². The second-order valence-corrected chi connectivity index (χ2v) is 9.61. The topological polar surface area (TPSA) is 55.8 Å². The number of thioether (sulfide) groups is 1. The smallest absolute Gasteiger partial charge is 0.293 e. The number of carbonyl (C=O) groups excluding carboxylic acids is 2. The van der Waals surface area contributed by atoms with Gasteiger partial charge in [-0.15, -0.1) is 0 Å². The molecule has 1 aliphatic rings. The van der Waals surface area contributed by atoms with Crippen LogP contribution in [0.5, 0.6) is 11.5 Å². The average Bonchev–Trinajstić information content (AvgIpc) is 3.06. The van der Waals surface area contributed by atoms with Gasteiger partial charge in [0.2, 0.25) is 0 Å². The first kappa shape index (κ1) is 24.3. The fraction of sp³-hybridized carbons (Fsp3) is 0.120. The SMILES string of the molecule is COc1ccc(/C=C2/SC(=O)N(Cc3cccc(Br)c3)C2=O)cc1OCc1c(F)cccc1Cl. The van der Waals surface area contributed by atoms with Gasteiger partial charge in [-0.3, -0.25) is 14.5 Å². The van der Waals surface area contributed by atoms with Crippen LogP contribution in [0, 0.1) is 5.82 Å². The molecule has 0 atom stereocenters. The highest BCUT2D eigenvalue weighted by molar-refractivity contribution is 9.10. The molecule has 0 spiro atoms. The monoisotopic (exact) mass is 561 g/mol. The van der Waals surface area contributed by atoms with E-state index in [1.165, 1.54) is 24.1 Å². The normalized spacial score (nSPS) is 14.7. The molecule has 9 heteroatoms. The maximum absolute atomic E-state index is 14.1. The van der Waals surface area contributed by atoms with Crippen molar-refractivity contribution in [2.24, 2.45) is 0 Å². The van der Waals surface area contributed by atoms with E-state index in [-0.39, 0.29) is 34.9 Å². The number of ether oxygens (including phenoxy) is 2. The number of benzene rings is 3. The minimum atomic E-state index is -0.471. The number of amides is 2. The molecule has 0 bridgehead atoms. The molecule has 4 rings (SSSR count). The summed E-state index contributed by atoms with van der Waals surface area (Å²) < 4.78 is 26.1. The molecule has 3 aromatic rings. The zero-order chi connectivity index (χ0) is 24.2. The number of nitrogens with zero attached hydrogens (tertiary/aromatic N) is 1. The molecule has 0 aliphatic carbocycles. The summed E-state index contributed by atoms with van der Waals surface area (Å²) in [4.78, 5) is 26.9. The summed E-state index contributed by atoms with van der Waals surface area (Å²) in [5.41, 5.74) is 1.69. The Morgan fingerprint density at radius 2 is 1.88 bits per heavy atom. The summed E-state index contributed by atoms with van der Waals surface area (Å²) in [6.07, 6.45) is 1.62. The van der Waals surface area contributed by atoms with E-state index in [1.807, 2.05) is 24.3 Å². The lowest BCUT2D eigenvalue weighted by molar-refractivity contribution is -0.123. The third kappa shape index (κ3) is 5.46. The first-order chi connectivity index (χ1) is 16.4. The molecule has 174 valence electrons. The Morgan fingerprint density at radius 1 is 1.09 bits per heavy atom. The van der Waals surface area contributed by atoms with Gasteiger partial charge in [0.15, 0.2) is 11.5 Å². The van der Waals surface area contributed by atoms with Crippen molar-refractivity contribution >= 4 is 56.5 Å². The number of rotatable bonds is 7. The first-order valence-electron chi connectivity index (χ1n) is 10.1. The number of imide groups is 1. The molecule has 0 unspecified atom stereocenters. The van der Waals surface area contributed by atoms with Crippen LogP contribution in [0.3, 0.4) is 0 Å². The lowest BCUT2D eigenvalue weighted by Crippen LogP contribution is -2.27. The number of halogens is 3. The Kier molecular flexibility index (Phi) is 7.60. The van der Waals surface area contributed by atoms with E-state index in [0.29, 0.717) is 22.0 Å². The van der Waals surface area contributed by atoms with Crippen LogP contribution in [0.15, 0.2) is 70.0 Å². The Morgan fingerprint density at radius 3 is 2.62 bits per heavy atom. The van der Waals surface area contributed by atoms with Crippen molar-refractivity contribution in [1.29, 1.82) is 0 Å².